The fraction of sp³-hybridized carbons (Fsp3) is 0.308. The fourth-order valence-electron chi connectivity index (χ4n) is 1.31. The van der Waals surface area contributed by atoms with Crippen molar-refractivity contribution in [3.63, 3.8) is 0 Å². The number of benzene rings is 1. The molecule has 0 aliphatic heterocycles. The molecule has 0 unspecified atom stereocenters. The number of aryl methyl sites for hydroxylation is 1. The minimum Gasteiger partial charge on any atom is -0.550 e. The van der Waals surface area contributed by atoms with Crippen molar-refractivity contribution in [2.45, 2.75) is 19.8 Å². The second-order valence-corrected chi connectivity index (χ2v) is 4.58. The monoisotopic (exact) mass is 313 g/mol. The third-order valence-corrected chi connectivity index (χ3v) is 2.82. The molecule has 0 saturated heterocycles. The number of amides is 2. The van der Waals surface area contributed by atoms with Crippen LogP contribution in [0.3, 0.4) is 0 Å². The van der Waals surface area contributed by atoms with Gasteiger partial charge in [0.15, 0.2) is 6.61 Å². The molecule has 7 nitrogen and oxygen atoms in total. The van der Waals surface area contributed by atoms with E-state index in [0.29, 0.717) is 10.8 Å². The van der Waals surface area contributed by atoms with Gasteiger partial charge in [-0.3, -0.25) is 20.4 Å². The van der Waals surface area contributed by atoms with E-state index >= 15 is 0 Å². The molecule has 114 valence electrons. The van der Waals surface area contributed by atoms with E-state index in [-0.39, 0.29) is 13.0 Å². The quantitative estimate of drug-likeness (QED) is 0.701. The van der Waals surface area contributed by atoms with Gasteiger partial charge in [-0.2, -0.15) is 0 Å². The Hall–Kier alpha value is -2.28. The highest BCUT2D eigenvalue weighted by Gasteiger charge is 2.06. The van der Waals surface area contributed by atoms with Gasteiger partial charge >= 0.3 is 0 Å². The van der Waals surface area contributed by atoms with Crippen LogP contribution in [0.5, 0.6) is 5.75 Å². The van der Waals surface area contributed by atoms with Gasteiger partial charge in [-0.1, -0.05) is 11.6 Å². The maximum absolute atomic E-state index is 11.4. The molecule has 2 amide bonds. The summed E-state index contributed by atoms with van der Waals surface area (Å²) in [5.41, 5.74) is 4.97. The normalized spacial score (nSPS) is 9.81. The zero-order chi connectivity index (χ0) is 15.8. The van der Waals surface area contributed by atoms with E-state index in [0.717, 1.165) is 5.56 Å². The maximum Gasteiger partial charge on any atom is 0.276 e. The molecule has 0 bridgehead atoms. The summed E-state index contributed by atoms with van der Waals surface area (Å²) in [7, 11) is 0. The van der Waals surface area contributed by atoms with Crippen LogP contribution in [0, 0.1) is 6.92 Å². The molecule has 0 heterocycles. The van der Waals surface area contributed by atoms with Crippen LogP contribution in [0.4, 0.5) is 0 Å². The Bertz CT molecular complexity index is 547. The van der Waals surface area contributed by atoms with Crippen LogP contribution in [0.2, 0.25) is 5.02 Å². The molecule has 1 rings (SSSR count). The third kappa shape index (κ3) is 6.62. The number of carboxylic acid groups (broad SMARTS) is 1. The summed E-state index contributed by atoms with van der Waals surface area (Å²) in [6.45, 7) is 1.49. The van der Waals surface area contributed by atoms with Crippen molar-refractivity contribution in [2.75, 3.05) is 6.61 Å². The van der Waals surface area contributed by atoms with Crippen molar-refractivity contribution < 1.29 is 24.2 Å². The zero-order valence-corrected chi connectivity index (χ0v) is 12.0. The summed E-state index contributed by atoms with van der Waals surface area (Å²) >= 11 is 5.85. The van der Waals surface area contributed by atoms with Crippen LogP contribution < -0.4 is 20.7 Å². The number of rotatable bonds is 6. The molecule has 1 aromatic carbocycles. The van der Waals surface area contributed by atoms with Gasteiger partial charge in [-0.05, 0) is 37.1 Å². The zero-order valence-electron chi connectivity index (χ0n) is 11.3. The van der Waals surface area contributed by atoms with Crippen LogP contribution in [0.1, 0.15) is 18.4 Å². The van der Waals surface area contributed by atoms with Gasteiger partial charge < -0.3 is 14.6 Å². The molecule has 8 heteroatoms. The average molecular weight is 314 g/mol. The SMILES string of the molecule is Cc1cc(OCC(=O)NNC(=O)CCC(=O)[O-])ccc1Cl. The number of halogens is 1. The predicted octanol–water partition coefficient (Wildman–Crippen LogP) is -0.295. The Morgan fingerprint density at radius 2 is 1.86 bits per heavy atom. The lowest BCUT2D eigenvalue weighted by Gasteiger charge is -2.09. The van der Waals surface area contributed by atoms with E-state index in [1.54, 1.807) is 25.1 Å². The molecule has 0 spiro atoms. The van der Waals surface area contributed by atoms with Gasteiger partial charge in [0.1, 0.15) is 5.75 Å². The number of nitrogens with one attached hydrogen (secondary N) is 2. The van der Waals surface area contributed by atoms with E-state index < -0.39 is 24.2 Å². The Labute approximate surface area is 126 Å². The summed E-state index contributed by atoms with van der Waals surface area (Å²) in [4.78, 5) is 32.7. The van der Waals surface area contributed by atoms with Crippen molar-refractivity contribution in [1.29, 1.82) is 0 Å². The number of hydrogen-bond donors (Lipinski definition) is 2. The Balaban J connectivity index is 2.29. The molecule has 0 radical (unpaired) electrons. The first-order valence-corrected chi connectivity index (χ1v) is 6.42. The lowest BCUT2D eigenvalue weighted by molar-refractivity contribution is -0.305. The van der Waals surface area contributed by atoms with Crippen molar-refractivity contribution in [3.05, 3.63) is 28.8 Å². The molecule has 0 aliphatic carbocycles. The summed E-state index contributed by atoms with van der Waals surface area (Å²) in [6.07, 6.45) is -0.692. The van der Waals surface area contributed by atoms with Crippen LogP contribution in [0.25, 0.3) is 0 Å². The van der Waals surface area contributed by atoms with E-state index in [1.807, 2.05) is 0 Å². The number of hydrogen-bond acceptors (Lipinski definition) is 5. The summed E-state index contributed by atoms with van der Waals surface area (Å²) in [6, 6.07) is 4.93. The highest BCUT2D eigenvalue weighted by atomic mass is 35.5. The summed E-state index contributed by atoms with van der Waals surface area (Å²) in [5, 5.41) is 10.7. The van der Waals surface area contributed by atoms with Crippen molar-refractivity contribution in [3.8, 4) is 5.75 Å². The number of aliphatic carboxylic acids is 1. The van der Waals surface area contributed by atoms with E-state index in [4.69, 9.17) is 16.3 Å². The topological polar surface area (TPSA) is 108 Å². The molecule has 0 saturated carbocycles. The lowest BCUT2D eigenvalue weighted by Crippen LogP contribution is -2.44. The van der Waals surface area contributed by atoms with E-state index in [2.05, 4.69) is 10.9 Å². The standard InChI is InChI=1S/C13H15ClN2O5/c1-8-6-9(2-3-10(8)14)21-7-12(18)16-15-11(17)4-5-13(19)20/h2-3,6H,4-5,7H2,1H3,(H,15,17)(H,16,18)(H,19,20)/p-1. The number of carbonyl (C=O) groups excluding carboxylic acids is 3. The van der Waals surface area contributed by atoms with Gasteiger partial charge in [-0.25, -0.2) is 0 Å². The van der Waals surface area contributed by atoms with Crippen LogP contribution >= 0.6 is 11.6 Å². The Morgan fingerprint density at radius 1 is 1.19 bits per heavy atom. The highest BCUT2D eigenvalue weighted by Crippen LogP contribution is 2.20. The van der Waals surface area contributed by atoms with Gasteiger partial charge in [0, 0.05) is 17.4 Å². The van der Waals surface area contributed by atoms with Crippen LogP contribution in [-0.4, -0.2) is 24.4 Å². The van der Waals surface area contributed by atoms with Gasteiger partial charge in [0.2, 0.25) is 5.91 Å². The first-order chi connectivity index (χ1) is 9.88. The van der Waals surface area contributed by atoms with Gasteiger partial charge in [0.25, 0.3) is 5.91 Å². The average Bonchev–Trinajstić information content (AvgIpc) is 2.44. The molecule has 21 heavy (non-hydrogen) atoms. The predicted molar refractivity (Wildman–Crippen MR) is 72.2 cm³/mol. The van der Waals surface area contributed by atoms with Crippen LogP contribution in [0.15, 0.2) is 18.2 Å². The molecule has 0 atom stereocenters. The van der Waals surface area contributed by atoms with E-state index in [1.165, 1.54) is 0 Å². The Kier molecular flexibility index (Phi) is 6.48. The molecular formula is C13H14ClN2O5-. The highest BCUT2D eigenvalue weighted by molar-refractivity contribution is 6.31. The molecule has 2 N–H and O–H groups in total. The second-order valence-electron chi connectivity index (χ2n) is 4.17. The van der Waals surface area contributed by atoms with Gasteiger partial charge in [-0.15, -0.1) is 0 Å². The number of carbonyl (C=O) groups is 3. The number of hydrazine groups is 1. The van der Waals surface area contributed by atoms with Crippen molar-refractivity contribution in [1.82, 2.24) is 10.9 Å². The molecule has 0 aliphatic rings. The lowest BCUT2D eigenvalue weighted by atomic mass is 10.2. The minimum absolute atomic E-state index is 0.278. The van der Waals surface area contributed by atoms with Gasteiger partial charge in [0.05, 0.1) is 0 Å². The molecule has 0 fully saturated rings. The smallest absolute Gasteiger partial charge is 0.276 e. The van der Waals surface area contributed by atoms with Crippen molar-refractivity contribution >= 4 is 29.4 Å². The summed E-state index contributed by atoms with van der Waals surface area (Å²) in [5.74, 6) is -2.08. The van der Waals surface area contributed by atoms with E-state index in [9.17, 15) is 19.5 Å². The maximum atomic E-state index is 11.4. The Morgan fingerprint density at radius 3 is 2.48 bits per heavy atom. The largest absolute Gasteiger partial charge is 0.550 e. The molecular weight excluding hydrogens is 300 g/mol. The first-order valence-electron chi connectivity index (χ1n) is 6.05. The molecule has 1 aromatic rings. The minimum atomic E-state index is -1.34. The molecule has 0 aromatic heterocycles. The summed E-state index contributed by atoms with van der Waals surface area (Å²) < 4.78 is 5.21. The van der Waals surface area contributed by atoms with Crippen LogP contribution in [-0.2, 0) is 14.4 Å². The first kappa shape index (κ1) is 16.8. The van der Waals surface area contributed by atoms with Crippen molar-refractivity contribution in [2.24, 2.45) is 0 Å². The second kappa shape index (κ2) is 8.11. The number of carboxylic acids is 1. The fourth-order valence-corrected chi connectivity index (χ4v) is 1.43. The number of ether oxygens (including phenoxy) is 1. The third-order valence-electron chi connectivity index (χ3n) is 2.40.